The van der Waals surface area contributed by atoms with Crippen molar-refractivity contribution in [2.75, 3.05) is 6.61 Å². The van der Waals surface area contributed by atoms with Gasteiger partial charge in [-0.2, -0.15) is 0 Å². The summed E-state index contributed by atoms with van der Waals surface area (Å²) in [7, 11) is 0. The third kappa shape index (κ3) is 4.21. The first-order valence-corrected chi connectivity index (χ1v) is 8.52. The van der Waals surface area contributed by atoms with Gasteiger partial charge in [0.1, 0.15) is 0 Å². The normalized spacial score (nSPS) is 24.4. The number of ether oxygens (including phenoxy) is 1. The Morgan fingerprint density at radius 1 is 1.50 bits per heavy atom. The summed E-state index contributed by atoms with van der Waals surface area (Å²) >= 11 is 7.54. The molecule has 0 spiro atoms. The highest BCUT2D eigenvalue weighted by molar-refractivity contribution is 7.14. The smallest absolute Gasteiger partial charge is 0.308 e. The van der Waals surface area contributed by atoms with Crippen LogP contribution in [0, 0.1) is 5.92 Å². The van der Waals surface area contributed by atoms with E-state index in [-0.39, 0.29) is 11.9 Å². The van der Waals surface area contributed by atoms with Crippen molar-refractivity contribution < 1.29 is 9.53 Å². The summed E-state index contributed by atoms with van der Waals surface area (Å²) in [5.74, 6) is 0.0718. The van der Waals surface area contributed by atoms with Gasteiger partial charge in [0.05, 0.1) is 16.9 Å². The van der Waals surface area contributed by atoms with E-state index in [0.29, 0.717) is 18.7 Å². The Morgan fingerprint density at radius 2 is 2.20 bits per heavy atom. The van der Waals surface area contributed by atoms with E-state index in [1.165, 1.54) is 5.56 Å². The first-order chi connectivity index (χ1) is 9.60. The molecule has 1 aromatic heterocycles. The van der Waals surface area contributed by atoms with Crippen LogP contribution < -0.4 is 5.32 Å². The molecule has 0 saturated heterocycles. The van der Waals surface area contributed by atoms with Crippen LogP contribution in [0.3, 0.4) is 0 Å². The SMILES string of the molecule is CCOC(=O)C1CCC(NC(C)c2csc(Cl)c2)CC1. The molecule has 1 aliphatic rings. The van der Waals surface area contributed by atoms with Gasteiger partial charge in [-0.25, -0.2) is 0 Å². The van der Waals surface area contributed by atoms with Crippen LogP contribution in [0.25, 0.3) is 0 Å². The van der Waals surface area contributed by atoms with Gasteiger partial charge in [0, 0.05) is 12.1 Å². The van der Waals surface area contributed by atoms with Crippen molar-refractivity contribution in [3.63, 3.8) is 0 Å². The van der Waals surface area contributed by atoms with Gasteiger partial charge < -0.3 is 10.1 Å². The highest BCUT2D eigenvalue weighted by atomic mass is 35.5. The molecule has 2 rings (SSSR count). The van der Waals surface area contributed by atoms with E-state index in [4.69, 9.17) is 16.3 Å². The van der Waals surface area contributed by atoms with Crippen molar-refractivity contribution in [3.8, 4) is 0 Å². The molecule has 5 heteroatoms. The van der Waals surface area contributed by atoms with Crippen LogP contribution in [0.5, 0.6) is 0 Å². The molecule has 1 heterocycles. The minimum Gasteiger partial charge on any atom is -0.466 e. The Kier molecular flexibility index (Phi) is 5.87. The zero-order valence-corrected chi connectivity index (χ0v) is 13.6. The fourth-order valence-corrected chi connectivity index (χ4v) is 3.74. The summed E-state index contributed by atoms with van der Waals surface area (Å²) in [4.78, 5) is 11.7. The third-order valence-electron chi connectivity index (χ3n) is 3.92. The molecule has 20 heavy (non-hydrogen) atoms. The molecular weight excluding hydrogens is 294 g/mol. The molecule has 1 saturated carbocycles. The molecule has 1 unspecified atom stereocenters. The Labute approximate surface area is 129 Å². The van der Waals surface area contributed by atoms with Gasteiger partial charge >= 0.3 is 5.97 Å². The fraction of sp³-hybridized carbons (Fsp3) is 0.667. The molecule has 112 valence electrons. The van der Waals surface area contributed by atoms with Gasteiger partial charge in [-0.3, -0.25) is 4.79 Å². The molecule has 1 fully saturated rings. The Bertz CT molecular complexity index is 441. The largest absolute Gasteiger partial charge is 0.466 e. The highest BCUT2D eigenvalue weighted by Gasteiger charge is 2.27. The van der Waals surface area contributed by atoms with Crippen LogP contribution in [0.4, 0.5) is 0 Å². The summed E-state index contributed by atoms with van der Waals surface area (Å²) in [6.45, 7) is 4.50. The predicted octanol–water partition coefficient (Wildman–Crippen LogP) is 4.17. The average Bonchev–Trinajstić information content (AvgIpc) is 2.86. The molecule has 1 atom stereocenters. The van der Waals surface area contributed by atoms with Crippen molar-refractivity contribution in [2.45, 2.75) is 51.6 Å². The number of halogens is 1. The number of thiophene rings is 1. The minimum atomic E-state index is -0.0244. The topological polar surface area (TPSA) is 38.3 Å². The van der Waals surface area contributed by atoms with E-state index < -0.39 is 0 Å². The minimum absolute atomic E-state index is 0.0244. The Balaban J connectivity index is 1.78. The molecule has 0 bridgehead atoms. The molecule has 0 radical (unpaired) electrons. The van der Waals surface area contributed by atoms with Crippen LogP contribution in [0.2, 0.25) is 4.34 Å². The van der Waals surface area contributed by atoms with Gasteiger partial charge in [0.25, 0.3) is 0 Å². The van der Waals surface area contributed by atoms with E-state index in [1.54, 1.807) is 11.3 Å². The number of rotatable bonds is 5. The zero-order valence-electron chi connectivity index (χ0n) is 12.0. The lowest BCUT2D eigenvalue weighted by Gasteiger charge is -2.30. The van der Waals surface area contributed by atoms with E-state index in [9.17, 15) is 4.79 Å². The molecule has 0 aromatic carbocycles. The van der Waals surface area contributed by atoms with Crippen molar-refractivity contribution in [1.29, 1.82) is 0 Å². The van der Waals surface area contributed by atoms with Crippen molar-refractivity contribution in [1.82, 2.24) is 5.32 Å². The monoisotopic (exact) mass is 315 g/mol. The number of hydrogen-bond donors (Lipinski definition) is 1. The van der Waals surface area contributed by atoms with E-state index in [2.05, 4.69) is 17.6 Å². The molecule has 1 aromatic rings. The molecule has 1 N–H and O–H groups in total. The van der Waals surface area contributed by atoms with Gasteiger partial charge in [0.15, 0.2) is 0 Å². The van der Waals surface area contributed by atoms with Gasteiger partial charge in [-0.15, -0.1) is 11.3 Å². The van der Waals surface area contributed by atoms with Gasteiger partial charge in [0.2, 0.25) is 0 Å². The predicted molar refractivity (Wildman–Crippen MR) is 83.3 cm³/mol. The number of esters is 1. The number of nitrogens with one attached hydrogen (secondary N) is 1. The van der Waals surface area contributed by atoms with E-state index in [1.807, 2.05) is 13.0 Å². The second kappa shape index (κ2) is 7.43. The summed E-state index contributed by atoms with van der Waals surface area (Å²) in [5, 5.41) is 5.74. The third-order valence-corrected chi connectivity index (χ3v) is 5.03. The number of hydrogen-bond acceptors (Lipinski definition) is 4. The first-order valence-electron chi connectivity index (χ1n) is 7.26. The van der Waals surface area contributed by atoms with E-state index >= 15 is 0 Å². The van der Waals surface area contributed by atoms with Crippen LogP contribution in [0.15, 0.2) is 11.4 Å². The van der Waals surface area contributed by atoms with Gasteiger partial charge in [-0.05, 0) is 56.5 Å². The number of carbonyl (C=O) groups excluding carboxylic acids is 1. The lowest BCUT2D eigenvalue weighted by Crippen LogP contribution is -2.36. The molecule has 0 amide bonds. The summed E-state index contributed by atoms with van der Waals surface area (Å²) in [6.07, 6.45) is 3.92. The quantitative estimate of drug-likeness (QED) is 0.829. The summed E-state index contributed by atoms with van der Waals surface area (Å²) < 4.78 is 5.93. The maximum Gasteiger partial charge on any atom is 0.308 e. The fourth-order valence-electron chi connectivity index (χ4n) is 2.76. The molecule has 1 aliphatic carbocycles. The van der Waals surface area contributed by atoms with Crippen LogP contribution in [0.1, 0.15) is 51.1 Å². The average molecular weight is 316 g/mol. The van der Waals surface area contributed by atoms with Crippen molar-refractivity contribution in [2.24, 2.45) is 5.92 Å². The number of carbonyl (C=O) groups is 1. The van der Waals surface area contributed by atoms with Crippen LogP contribution in [-0.2, 0) is 9.53 Å². The molecular formula is C15H22ClNO2S. The highest BCUT2D eigenvalue weighted by Crippen LogP contribution is 2.29. The lowest BCUT2D eigenvalue weighted by atomic mass is 9.85. The first kappa shape index (κ1) is 15.8. The van der Waals surface area contributed by atoms with Crippen LogP contribution in [-0.4, -0.2) is 18.6 Å². The Morgan fingerprint density at radius 3 is 2.75 bits per heavy atom. The van der Waals surface area contributed by atoms with Crippen molar-refractivity contribution >= 4 is 28.9 Å². The maximum atomic E-state index is 11.7. The molecule has 0 aliphatic heterocycles. The summed E-state index contributed by atoms with van der Waals surface area (Å²) in [6, 6.07) is 2.81. The summed E-state index contributed by atoms with van der Waals surface area (Å²) in [5.41, 5.74) is 1.24. The lowest BCUT2D eigenvalue weighted by molar-refractivity contribution is -0.149. The standard InChI is InChI=1S/C15H22ClNO2S/c1-3-19-15(18)11-4-6-13(7-5-11)17-10(2)12-8-14(16)20-9-12/h8-11,13,17H,3-7H2,1-2H3. The van der Waals surface area contributed by atoms with Crippen LogP contribution >= 0.6 is 22.9 Å². The molecule has 3 nitrogen and oxygen atoms in total. The van der Waals surface area contributed by atoms with Gasteiger partial charge in [-0.1, -0.05) is 11.6 Å². The van der Waals surface area contributed by atoms with Crippen molar-refractivity contribution in [3.05, 3.63) is 21.3 Å². The zero-order chi connectivity index (χ0) is 14.5. The maximum absolute atomic E-state index is 11.7. The van der Waals surface area contributed by atoms with E-state index in [0.717, 1.165) is 30.0 Å². The second-order valence-corrected chi connectivity index (χ2v) is 6.92. The Hall–Kier alpha value is -0.580. The second-order valence-electron chi connectivity index (χ2n) is 5.37.